The lowest BCUT2D eigenvalue weighted by molar-refractivity contribution is -0.115. The van der Waals surface area contributed by atoms with Gasteiger partial charge in [-0.1, -0.05) is 18.9 Å². The number of nitrogens with one attached hydrogen (secondary N) is 2. The summed E-state index contributed by atoms with van der Waals surface area (Å²) in [5.74, 6) is 3.04. The summed E-state index contributed by atoms with van der Waals surface area (Å²) >= 11 is 0. The number of anilines is 1. The van der Waals surface area contributed by atoms with E-state index in [1.165, 1.54) is 0 Å². The summed E-state index contributed by atoms with van der Waals surface area (Å²) in [6.45, 7) is 3.29. The third-order valence-corrected chi connectivity index (χ3v) is 2.10. The Balaban J connectivity index is 2.46. The van der Waals surface area contributed by atoms with Gasteiger partial charge in [-0.3, -0.25) is 10.1 Å². The van der Waals surface area contributed by atoms with E-state index in [0.717, 1.165) is 17.9 Å². The van der Waals surface area contributed by atoms with Crippen LogP contribution >= 0.6 is 0 Å². The number of carbonyl (C=O) groups is 1. The first-order valence-corrected chi connectivity index (χ1v) is 5.93. The Morgan fingerprint density at radius 2 is 2.33 bits per heavy atom. The second kappa shape index (κ2) is 8.15. The molecule has 0 saturated heterocycles. The van der Waals surface area contributed by atoms with Gasteiger partial charge in [-0.2, -0.15) is 0 Å². The van der Waals surface area contributed by atoms with E-state index in [0.29, 0.717) is 13.2 Å². The van der Waals surface area contributed by atoms with Gasteiger partial charge in [0.05, 0.1) is 19.7 Å². The number of rotatable bonds is 7. The quantitative estimate of drug-likeness (QED) is 0.568. The molecule has 1 rings (SSSR count). The van der Waals surface area contributed by atoms with Crippen LogP contribution in [0.3, 0.4) is 0 Å². The molecule has 0 aliphatic rings. The van der Waals surface area contributed by atoms with Crippen LogP contribution in [0.2, 0.25) is 0 Å². The second-order valence-corrected chi connectivity index (χ2v) is 3.73. The second-order valence-electron chi connectivity index (χ2n) is 3.73. The van der Waals surface area contributed by atoms with Crippen LogP contribution in [-0.2, 0) is 4.79 Å². The fourth-order valence-electron chi connectivity index (χ4n) is 1.34. The third-order valence-electron chi connectivity index (χ3n) is 2.10. The molecule has 0 fully saturated rings. The van der Waals surface area contributed by atoms with E-state index >= 15 is 0 Å². The fourth-order valence-corrected chi connectivity index (χ4v) is 1.34. The summed E-state index contributed by atoms with van der Waals surface area (Å²) in [5, 5.41) is 5.59. The summed E-state index contributed by atoms with van der Waals surface area (Å²) in [4.78, 5) is 11.5. The molecule has 4 nitrogen and oxygen atoms in total. The maximum absolute atomic E-state index is 11.5. The number of ether oxygens (including phenoxy) is 1. The van der Waals surface area contributed by atoms with Crippen LogP contribution < -0.4 is 15.4 Å². The highest BCUT2D eigenvalue weighted by Gasteiger charge is 2.02. The van der Waals surface area contributed by atoms with E-state index in [1.807, 2.05) is 25.1 Å². The topological polar surface area (TPSA) is 50.4 Å². The van der Waals surface area contributed by atoms with E-state index in [-0.39, 0.29) is 12.5 Å². The Hall–Kier alpha value is -1.99. The maximum atomic E-state index is 11.5. The number of amides is 1. The molecular formula is C14H18N2O2. The molecule has 18 heavy (non-hydrogen) atoms. The van der Waals surface area contributed by atoms with Crippen LogP contribution in [0, 0.1) is 12.3 Å². The van der Waals surface area contributed by atoms with Gasteiger partial charge >= 0.3 is 0 Å². The normalized spacial score (nSPS) is 9.56. The Labute approximate surface area is 108 Å². The molecule has 0 bridgehead atoms. The summed E-state index contributed by atoms with van der Waals surface area (Å²) in [7, 11) is 0. The lowest BCUT2D eigenvalue weighted by Gasteiger charge is -2.08. The molecule has 0 aliphatic heterocycles. The van der Waals surface area contributed by atoms with Crippen molar-refractivity contribution < 1.29 is 9.53 Å². The number of benzene rings is 1. The molecule has 1 aromatic rings. The minimum Gasteiger partial charge on any atom is -0.494 e. The van der Waals surface area contributed by atoms with Gasteiger partial charge in [-0.25, -0.2) is 0 Å². The molecule has 0 radical (unpaired) electrons. The smallest absolute Gasteiger partial charge is 0.238 e. The summed E-state index contributed by atoms with van der Waals surface area (Å²) in [6.07, 6.45) is 6.02. The van der Waals surface area contributed by atoms with Crippen LogP contribution in [-0.4, -0.2) is 25.6 Å². The van der Waals surface area contributed by atoms with Crippen molar-refractivity contribution in [2.24, 2.45) is 0 Å². The summed E-state index contributed by atoms with van der Waals surface area (Å²) in [6, 6.07) is 7.32. The van der Waals surface area contributed by atoms with Crippen molar-refractivity contribution >= 4 is 11.6 Å². The zero-order chi connectivity index (χ0) is 13.2. The Bertz CT molecular complexity index is 424. The van der Waals surface area contributed by atoms with Crippen molar-refractivity contribution in [2.75, 3.05) is 25.0 Å². The standard InChI is InChI=1S/C14H18N2O2/c1-3-8-15-11-14(17)16-12-6-5-7-13(10-12)18-9-4-2/h1,5-7,10,15H,4,8-9,11H2,2H3,(H,16,17). The van der Waals surface area contributed by atoms with Crippen LogP contribution in [0.5, 0.6) is 5.75 Å². The minimum absolute atomic E-state index is 0.127. The molecular weight excluding hydrogens is 228 g/mol. The van der Waals surface area contributed by atoms with E-state index in [1.54, 1.807) is 6.07 Å². The lowest BCUT2D eigenvalue weighted by Crippen LogP contribution is -2.28. The molecule has 0 aliphatic carbocycles. The van der Waals surface area contributed by atoms with Crippen molar-refractivity contribution in [3.63, 3.8) is 0 Å². The number of hydrogen-bond donors (Lipinski definition) is 2. The monoisotopic (exact) mass is 246 g/mol. The molecule has 0 atom stereocenters. The van der Waals surface area contributed by atoms with E-state index < -0.39 is 0 Å². The molecule has 0 saturated carbocycles. The van der Waals surface area contributed by atoms with Gasteiger partial charge < -0.3 is 10.1 Å². The van der Waals surface area contributed by atoms with Gasteiger partial charge in [0.1, 0.15) is 5.75 Å². The molecule has 0 heterocycles. The summed E-state index contributed by atoms with van der Waals surface area (Å²) in [5.41, 5.74) is 0.719. The van der Waals surface area contributed by atoms with Crippen LogP contribution in [0.15, 0.2) is 24.3 Å². The van der Waals surface area contributed by atoms with E-state index in [4.69, 9.17) is 11.2 Å². The van der Waals surface area contributed by atoms with Gasteiger partial charge in [-0.05, 0) is 18.6 Å². The first-order chi connectivity index (χ1) is 8.76. The predicted octanol–water partition coefficient (Wildman–Crippen LogP) is 1.64. The SMILES string of the molecule is C#CCNCC(=O)Nc1cccc(OCCC)c1. The van der Waals surface area contributed by atoms with Crippen LogP contribution in [0.25, 0.3) is 0 Å². The van der Waals surface area contributed by atoms with Crippen molar-refractivity contribution in [2.45, 2.75) is 13.3 Å². The van der Waals surface area contributed by atoms with Crippen LogP contribution in [0.1, 0.15) is 13.3 Å². The van der Waals surface area contributed by atoms with Gasteiger partial charge in [0, 0.05) is 11.8 Å². The molecule has 1 aromatic carbocycles. The Kier molecular flexibility index (Phi) is 6.37. The molecule has 4 heteroatoms. The Morgan fingerprint density at radius 3 is 3.06 bits per heavy atom. The first-order valence-electron chi connectivity index (χ1n) is 5.93. The highest BCUT2D eigenvalue weighted by Crippen LogP contribution is 2.17. The number of terminal acetylenes is 1. The van der Waals surface area contributed by atoms with Crippen LogP contribution in [0.4, 0.5) is 5.69 Å². The van der Waals surface area contributed by atoms with Crippen molar-refractivity contribution in [1.29, 1.82) is 0 Å². The van der Waals surface area contributed by atoms with Gasteiger partial charge in [0.2, 0.25) is 5.91 Å². The van der Waals surface area contributed by atoms with Crippen molar-refractivity contribution in [3.05, 3.63) is 24.3 Å². The highest BCUT2D eigenvalue weighted by molar-refractivity contribution is 5.92. The van der Waals surface area contributed by atoms with Gasteiger partial charge in [0.25, 0.3) is 0 Å². The summed E-state index contributed by atoms with van der Waals surface area (Å²) < 4.78 is 5.48. The molecule has 0 aromatic heterocycles. The molecule has 2 N–H and O–H groups in total. The lowest BCUT2D eigenvalue weighted by atomic mass is 10.3. The fraction of sp³-hybridized carbons (Fsp3) is 0.357. The number of carbonyl (C=O) groups excluding carboxylic acids is 1. The minimum atomic E-state index is -0.127. The van der Waals surface area contributed by atoms with Gasteiger partial charge in [0.15, 0.2) is 0 Å². The Morgan fingerprint density at radius 1 is 1.50 bits per heavy atom. The molecule has 0 unspecified atom stereocenters. The van der Waals surface area contributed by atoms with E-state index in [9.17, 15) is 4.79 Å². The molecule has 96 valence electrons. The average Bonchev–Trinajstić information content (AvgIpc) is 2.37. The predicted molar refractivity (Wildman–Crippen MR) is 72.6 cm³/mol. The highest BCUT2D eigenvalue weighted by atomic mass is 16.5. The van der Waals surface area contributed by atoms with Crippen molar-refractivity contribution in [3.8, 4) is 18.1 Å². The zero-order valence-electron chi connectivity index (χ0n) is 10.5. The maximum Gasteiger partial charge on any atom is 0.238 e. The van der Waals surface area contributed by atoms with Gasteiger partial charge in [-0.15, -0.1) is 6.42 Å². The average molecular weight is 246 g/mol. The largest absolute Gasteiger partial charge is 0.494 e. The molecule has 1 amide bonds. The number of hydrogen-bond acceptors (Lipinski definition) is 3. The zero-order valence-corrected chi connectivity index (χ0v) is 10.5. The first kappa shape index (κ1) is 14.1. The van der Waals surface area contributed by atoms with Crippen molar-refractivity contribution in [1.82, 2.24) is 5.32 Å². The third kappa shape index (κ3) is 5.37. The molecule has 0 spiro atoms. The van der Waals surface area contributed by atoms with E-state index in [2.05, 4.69) is 16.6 Å².